The summed E-state index contributed by atoms with van der Waals surface area (Å²) in [6.45, 7) is 0. The molecule has 3 heterocycles. The summed E-state index contributed by atoms with van der Waals surface area (Å²) in [6, 6.07) is 2.44. The molecule has 0 saturated carbocycles. The van der Waals surface area contributed by atoms with Gasteiger partial charge in [0.1, 0.15) is 0 Å². The summed E-state index contributed by atoms with van der Waals surface area (Å²) in [5.41, 5.74) is 0. The van der Waals surface area contributed by atoms with Crippen molar-refractivity contribution in [2.75, 3.05) is 7.11 Å². The second-order valence-corrected chi connectivity index (χ2v) is 13.8. The fourth-order valence-electron chi connectivity index (χ4n) is 5.21. The summed E-state index contributed by atoms with van der Waals surface area (Å²) in [4.78, 5) is 70.0. The Kier molecular flexibility index (Phi) is 8.52. The van der Waals surface area contributed by atoms with Crippen molar-refractivity contribution in [3.8, 4) is 0 Å². The largest absolute Gasteiger partial charge is 0.420 e. The van der Waals surface area contributed by atoms with Crippen molar-refractivity contribution in [1.29, 1.82) is 0 Å². The smallest absolute Gasteiger partial charge is 0.230 e. The van der Waals surface area contributed by atoms with Gasteiger partial charge in [0.15, 0.2) is 8.32 Å². The van der Waals surface area contributed by atoms with Gasteiger partial charge < -0.3 is 4.43 Å². The molecule has 33 heavy (non-hydrogen) atoms. The highest BCUT2D eigenvalue weighted by Gasteiger charge is 2.38. The Morgan fingerprint density at radius 2 is 0.939 bits per heavy atom. The molecule has 0 aliphatic carbocycles. The van der Waals surface area contributed by atoms with E-state index in [1.807, 2.05) is 0 Å². The van der Waals surface area contributed by atoms with Gasteiger partial charge in [0.25, 0.3) is 0 Å². The predicted octanol–water partition coefficient (Wildman–Crippen LogP) is 0.907. The molecule has 11 heteroatoms. The van der Waals surface area contributed by atoms with Crippen LogP contribution < -0.4 is 16.0 Å². The van der Waals surface area contributed by atoms with Crippen LogP contribution in [0.15, 0.2) is 0 Å². The molecule has 3 unspecified atom stereocenters. The van der Waals surface area contributed by atoms with Gasteiger partial charge in [-0.05, 0) is 37.4 Å². The first-order valence-electron chi connectivity index (χ1n) is 11.8. The number of amides is 6. The van der Waals surface area contributed by atoms with E-state index in [4.69, 9.17) is 4.43 Å². The Hall–Kier alpha value is -2.40. The zero-order valence-corrected chi connectivity index (χ0v) is 20.1. The molecule has 3 saturated heterocycles. The number of hydrogen-bond acceptors (Lipinski definition) is 7. The van der Waals surface area contributed by atoms with Crippen LogP contribution in [0.2, 0.25) is 18.1 Å². The summed E-state index contributed by atoms with van der Waals surface area (Å²) in [6.07, 6.45) is 4.84. The molecule has 0 spiro atoms. The van der Waals surface area contributed by atoms with Gasteiger partial charge in [-0.1, -0.05) is 19.3 Å². The van der Waals surface area contributed by atoms with E-state index in [-0.39, 0.29) is 72.5 Å². The molecular formula is C22H33N3O7Si. The highest BCUT2D eigenvalue weighted by Crippen LogP contribution is 2.33. The molecular weight excluding hydrogens is 446 g/mol. The molecule has 6 amide bonds. The van der Waals surface area contributed by atoms with Gasteiger partial charge in [0, 0.05) is 44.1 Å². The minimum absolute atomic E-state index is 0.210. The van der Waals surface area contributed by atoms with Gasteiger partial charge in [-0.2, -0.15) is 0 Å². The molecule has 0 aromatic heterocycles. The van der Waals surface area contributed by atoms with Gasteiger partial charge in [-0.15, -0.1) is 0 Å². The third-order valence-electron chi connectivity index (χ3n) is 7.18. The van der Waals surface area contributed by atoms with Crippen LogP contribution in [-0.2, 0) is 33.2 Å². The van der Waals surface area contributed by atoms with Crippen molar-refractivity contribution in [1.82, 2.24) is 16.0 Å². The standard InChI is InChI=1S/C22H33N3O7Si/c1-32-33(8-2-5-14-11-17(26)23-20(14)29,9-3-6-15-12-18(27)24-21(15)30)10-4-7-16-13-19(28)25-22(16)31/h14-16H,2-13H2,1H3,(H,23,26,29)(H,24,27,30)(H,25,28,31). The number of imide groups is 3. The van der Waals surface area contributed by atoms with Gasteiger partial charge >= 0.3 is 0 Å². The highest BCUT2D eigenvalue weighted by molar-refractivity contribution is 6.73. The van der Waals surface area contributed by atoms with Crippen LogP contribution in [0.3, 0.4) is 0 Å². The first kappa shape index (κ1) is 25.2. The molecule has 3 aliphatic heterocycles. The van der Waals surface area contributed by atoms with Crippen LogP contribution in [0.1, 0.15) is 57.8 Å². The molecule has 0 aromatic rings. The van der Waals surface area contributed by atoms with Crippen molar-refractivity contribution in [3.63, 3.8) is 0 Å². The average molecular weight is 480 g/mol. The molecule has 182 valence electrons. The van der Waals surface area contributed by atoms with E-state index < -0.39 is 8.32 Å². The van der Waals surface area contributed by atoms with Crippen molar-refractivity contribution in [2.24, 2.45) is 17.8 Å². The molecule has 3 aliphatic rings. The summed E-state index contributed by atoms with van der Waals surface area (Å²) in [5, 5.41) is 7.04. The quantitative estimate of drug-likeness (QED) is 0.263. The molecule has 3 fully saturated rings. The van der Waals surface area contributed by atoms with Crippen molar-refractivity contribution >= 4 is 43.8 Å². The van der Waals surface area contributed by atoms with Crippen LogP contribution in [0.25, 0.3) is 0 Å². The summed E-state index contributed by atoms with van der Waals surface area (Å²) in [7, 11) is -0.548. The number of hydrogen-bond donors (Lipinski definition) is 3. The van der Waals surface area contributed by atoms with Crippen LogP contribution in [0.4, 0.5) is 0 Å². The Balaban J connectivity index is 1.54. The van der Waals surface area contributed by atoms with Gasteiger partial charge in [0.2, 0.25) is 35.4 Å². The van der Waals surface area contributed by atoms with Crippen molar-refractivity contribution < 1.29 is 33.2 Å². The van der Waals surface area contributed by atoms with Crippen molar-refractivity contribution in [3.05, 3.63) is 0 Å². The average Bonchev–Trinajstić information content (AvgIpc) is 3.36. The van der Waals surface area contributed by atoms with Gasteiger partial charge in [-0.3, -0.25) is 44.7 Å². The summed E-state index contributed by atoms with van der Waals surface area (Å²) < 4.78 is 6.11. The van der Waals surface area contributed by atoms with Crippen LogP contribution in [-0.4, -0.2) is 50.9 Å². The van der Waals surface area contributed by atoms with E-state index in [2.05, 4.69) is 16.0 Å². The Morgan fingerprint density at radius 3 is 1.15 bits per heavy atom. The number of carbonyl (C=O) groups excluding carboxylic acids is 6. The fraction of sp³-hybridized carbons (Fsp3) is 0.727. The molecule has 10 nitrogen and oxygen atoms in total. The topological polar surface area (TPSA) is 148 Å². The lowest BCUT2D eigenvalue weighted by atomic mass is 10.0. The Morgan fingerprint density at radius 1 is 0.636 bits per heavy atom. The minimum atomic E-state index is -2.25. The molecule has 3 N–H and O–H groups in total. The monoisotopic (exact) mass is 479 g/mol. The van der Waals surface area contributed by atoms with Crippen LogP contribution in [0.5, 0.6) is 0 Å². The molecule has 3 atom stereocenters. The second kappa shape index (κ2) is 11.1. The number of carbonyl (C=O) groups is 6. The third kappa shape index (κ3) is 6.79. The number of nitrogens with one attached hydrogen (secondary N) is 3. The number of rotatable bonds is 13. The Bertz CT molecular complexity index is 728. The lowest BCUT2D eigenvalue weighted by Gasteiger charge is -2.31. The van der Waals surface area contributed by atoms with Crippen LogP contribution >= 0.6 is 0 Å². The normalized spacial score (nSPS) is 27.0. The fourth-order valence-corrected chi connectivity index (χ4v) is 9.12. The highest BCUT2D eigenvalue weighted by atomic mass is 28.4. The first-order chi connectivity index (χ1) is 15.7. The van der Waals surface area contributed by atoms with Crippen LogP contribution in [0, 0.1) is 17.8 Å². The lowest BCUT2D eigenvalue weighted by molar-refractivity contribution is -0.127. The van der Waals surface area contributed by atoms with E-state index in [1.165, 1.54) is 0 Å². The molecule has 0 aromatic carbocycles. The minimum Gasteiger partial charge on any atom is -0.420 e. The molecule has 0 radical (unpaired) electrons. The van der Waals surface area contributed by atoms with E-state index >= 15 is 0 Å². The van der Waals surface area contributed by atoms with E-state index in [0.29, 0.717) is 19.3 Å². The predicted molar refractivity (Wildman–Crippen MR) is 119 cm³/mol. The maximum atomic E-state index is 11.9. The SMILES string of the molecule is CO[Si](CCCC1CC(=O)NC1=O)(CCCC1CC(=O)NC1=O)CCCC1CC(=O)NC1=O. The second-order valence-electron chi connectivity index (χ2n) is 9.50. The summed E-state index contributed by atoms with van der Waals surface area (Å²) >= 11 is 0. The first-order valence-corrected chi connectivity index (χ1v) is 14.3. The van der Waals surface area contributed by atoms with Gasteiger partial charge in [0.05, 0.1) is 0 Å². The zero-order valence-electron chi connectivity index (χ0n) is 19.1. The lowest BCUT2D eigenvalue weighted by Crippen LogP contribution is -2.37. The molecule has 3 rings (SSSR count). The van der Waals surface area contributed by atoms with E-state index in [9.17, 15) is 28.8 Å². The maximum Gasteiger partial charge on any atom is 0.230 e. The van der Waals surface area contributed by atoms with Crippen molar-refractivity contribution in [2.45, 2.75) is 75.9 Å². The zero-order chi connectivity index (χ0) is 24.0. The van der Waals surface area contributed by atoms with E-state index in [0.717, 1.165) is 37.4 Å². The third-order valence-corrected chi connectivity index (χ3v) is 11.8. The Labute approximate surface area is 194 Å². The molecule has 0 bridgehead atoms. The maximum absolute atomic E-state index is 11.9. The van der Waals surface area contributed by atoms with Gasteiger partial charge in [-0.25, -0.2) is 0 Å². The summed E-state index contributed by atoms with van der Waals surface area (Å²) in [5.74, 6) is -2.18. The van der Waals surface area contributed by atoms with E-state index in [1.54, 1.807) is 7.11 Å².